The zero-order chi connectivity index (χ0) is 16.4. The fourth-order valence-corrected chi connectivity index (χ4v) is 3.74. The first-order valence-electron chi connectivity index (χ1n) is 8.94. The molecular formula is C22H24N2. The molecule has 1 aromatic heterocycles. The summed E-state index contributed by atoms with van der Waals surface area (Å²) < 4.78 is 0. The van der Waals surface area contributed by atoms with E-state index in [0.29, 0.717) is 0 Å². The molecule has 0 spiro atoms. The minimum atomic E-state index is 0.841. The van der Waals surface area contributed by atoms with Crippen molar-refractivity contribution in [1.29, 1.82) is 0 Å². The normalized spacial score (nSPS) is 15.7. The predicted octanol–water partition coefficient (Wildman–Crippen LogP) is 4.75. The van der Waals surface area contributed by atoms with E-state index in [2.05, 4.69) is 59.7 Å². The van der Waals surface area contributed by atoms with E-state index < -0.39 is 0 Å². The summed E-state index contributed by atoms with van der Waals surface area (Å²) in [5.74, 6) is 0.841. The van der Waals surface area contributed by atoms with Gasteiger partial charge in [-0.15, -0.1) is 0 Å². The summed E-state index contributed by atoms with van der Waals surface area (Å²) in [5.41, 5.74) is 5.27. The fourth-order valence-electron chi connectivity index (χ4n) is 3.74. The molecule has 0 atom stereocenters. The molecule has 0 amide bonds. The molecule has 1 N–H and O–H groups in total. The Kier molecular flexibility index (Phi) is 4.31. The molecule has 0 saturated carbocycles. The Morgan fingerprint density at radius 2 is 1.71 bits per heavy atom. The molecular weight excluding hydrogens is 292 g/mol. The number of rotatable bonds is 3. The quantitative estimate of drug-likeness (QED) is 0.754. The Morgan fingerprint density at radius 3 is 2.50 bits per heavy atom. The van der Waals surface area contributed by atoms with Gasteiger partial charge in [0.15, 0.2) is 0 Å². The highest BCUT2D eigenvalue weighted by Crippen LogP contribution is 2.27. The highest BCUT2D eigenvalue weighted by atomic mass is 14.9. The molecule has 1 fully saturated rings. The lowest BCUT2D eigenvalue weighted by atomic mass is 9.90. The number of nitrogens with zero attached hydrogens (tertiary/aromatic N) is 1. The molecule has 1 aliphatic heterocycles. The molecule has 0 bridgehead atoms. The third-order valence-corrected chi connectivity index (χ3v) is 5.23. The van der Waals surface area contributed by atoms with Crippen molar-refractivity contribution >= 4 is 10.8 Å². The Bertz CT molecular complexity index is 830. The highest BCUT2D eigenvalue weighted by Gasteiger charge is 2.13. The van der Waals surface area contributed by atoms with Crippen LogP contribution in [0.1, 0.15) is 24.0 Å². The van der Waals surface area contributed by atoms with Crippen molar-refractivity contribution in [3.8, 4) is 11.1 Å². The molecule has 1 aliphatic rings. The van der Waals surface area contributed by atoms with Crippen molar-refractivity contribution in [2.24, 2.45) is 5.92 Å². The zero-order valence-electron chi connectivity index (χ0n) is 14.3. The van der Waals surface area contributed by atoms with Gasteiger partial charge in [0.05, 0.1) is 0 Å². The number of hydrogen-bond donors (Lipinski definition) is 1. The maximum atomic E-state index is 4.28. The summed E-state index contributed by atoms with van der Waals surface area (Å²) >= 11 is 0. The number of aryl methyl sites for hydroxylation is 1. The van der Waals surface area contributed by atoms with Gasteiger partial charge in [0, 0.05) is 17.8 Å². The van der Waals surface area contributed by atoms with Crippen LogP contribution >= 0.6 is 0 Å². The number of pyridine rings is 1. The largest absolute Gasteiger partial charge is 0.317 e. The van der Waals surface area contributed by atoms with E-state index in [1.807, 2.05) is 12.4 Å². The van der Waals surface area contributed by atoms with Crippen molar-refractivity contribution < 1.29 is 0 Å². The Hall–Kier alpha value is -2.19. The standard InChI is InChI=1S/C22H24N2/c1-16-14-24-15-21-7-6-20(13-22(16)21)19-4-2-17(3-5-19)12-18-8-10-23-11-9-18/h2-7,13-15,18,23H,8-12H2,1H3. The van der Waals surface area contributed by atoms with Gasteiger partial charge in [-0.3, -0.25) is 4.98 Å². The molecule has 2 nitrogen and oxygen atoms in total. The molecule has 0 aliphatic carbocycles. The SMILES string of the molecule is Cc1cncc2ccc(-c3ccc(CC4CCNCC4)cc3)cc12. The van der Waals surface area contributed by atoms with Crippen molar-refractivity contribution in [2.45, 2.75) is 26.2 Å². The van der Waals surface area contributed by atoms with E-state index in [9.17, 15) is 0 Å². The molecule has 2 heterocycles. The molecule has 4 rings (SSSR count). The van der Waals surface area contributed by atoms with Gasteiger partial charge in [-0.25, -0.2) is 0 Å². The Balaban J connectivity index is 1.57. The smallest absolute Gasteiger partial charge is 0.0346 e. The predicted molar refractivity (Wildman–Crippen MR) is 101 cm³/mol. The van der Waals surface area contributed by atoms with E-state index in [1.54, 1.807) is 0 Å². The monoisotopic (exact) mass is 316 g/mol. The zero-order valence-corrected chi connectivity index (χ0v) is 14.3. The molecule has 2 heteroatoms. The van der Waals surface area contributed by atoms with Gasteiger partial charge in [0.25, 0.3) is 0 Å². The van der Waals surface area contributed by atoms with Crippen LogP contribution < -0.4 is 5.32 Å². The van der Waals surface area contributed by atoms with E-state index in [-0.39, 0.29) is 0 Å². The second-order valence-corrected chi connectivity index (χ2v) is 6.99. The van der Waals surface area contributed by atoms with Crippen LogP contribution in [0.25, 0.3) is 21.9 Å². The first-order chi connectivity index (χ1) is 11.8. The Labute approximate surface area is 143 Å². The molecule has 24 heavy (non-hydrogen) atoms. The van der Waals surface area contributed by atoms with E-state index in [4.69, 9.17) is 0 Å². The van der Waals surface area contributed by atoms with Crippen molar-refractivity contribution in [1.82, 2.24) is 10.3 Å². The summed E-state index contributed by atoms with van der Waals surface area (Å²) in [7, 11) is 0. The molecule has 0 unspecified atom stereocenters. The summed E-state index contributed by atoms with van der Waals surface area (Å²) in [6, 6.07) is 15.8. The molecule has 1 saturated heterocycles. The van der Waals surface area contributed by atoms with Crippen molar-refractivity contribution in [2.75, 3.05) is 13.1 Å². The lowest BCUT2D eigenvalue weighted by Crippen LogP contribution is -2.28. The van der Waals surface area contributed by atoms with Crippen molar-refractivity contribution in [3.63, 3.8) is 0 Å². The summed E-state index contributed by atoms with van der Waals surface area (Å²) in [5, 5.41) is 5.95. The van der Waals surface area contributed by atoms with Gasteiger partial charge in [-0.2, -0.15) is 0 Å². The van der Waals surface area contributed by atoms with Crippen LogP contribution in [-0.4, -0.2) is 18.1 Å². The lowest BCUT2D eigenvalue weighted by Gasteiger charge is -2.22. The first-order valence-corrected chi connectivity index (χ1v) is 8.94. The molecule has 2 aromatic carbocycles. The number of benzene rings is 2. The average Bonchev–Trinajstić information content (AvgIpc) is 2.63. The van der Waals surface area contributed by atoms with Crippen LogP contribution in [0, 0.1) is 12.8 Å². The van der Waals surface area contributed by atoms with Crippen LogP contribution in [0.2, 0.25) is 0 Å². The minimum absolute atomic E-state index is 0.841. The first kappa shape index (κ1) is 15.3. The van der Waals surface area contributed by atoms with E-state index >= 15 is 0 Å². The van der Waals surface area contributed by atoms with Gasteiger partial charge in [-0.05, 0) is 78.9 Å². The molecule has 122 valence electrons. The van der Waals surface area contributed by atoms with Gasteiger partial charge >= 0.3 is 0 Å². The van der Waals surface area contributed by atoms with Crippen LogP contribution in [-0.2, 0) is 6.42 Å². The van der Waals surface area contributed by atoms with E-state index in [0.717, 1.165) is 5.92 Å². The lowest BCUT2D eigenvalue weighted by molar-refractivity contribution is 0.372. The van der Waals surface area contributed by atoms with Crippen molar-refractivity contribution in [3.05, 3.63) is 66.0 Å². The highest BCUT2D eigenvalue weighted by molar-refractivity contribution is 5.89. The number of piperidine rings is 1. The molecule has 3 aromatic rings. The number of nitrogens with one attached hydrogen (secondary N) is 1. The summed E-state index contributed by atoms with van der Waals surface area (Å²) in [6.45, 7) is 4.48. The topological polar surface area (TPSA) is 24.9 Å². The minimum Gasteiger partial charge on any atom is -0.317 e. The summed E-state index contributed by atoms with van der Waals surface area (Å²) in [6.07, 6.45) is 7.70. The maximum absolute atomic E-state index is 4.28. The average molecular weight is 316 g/mol. The van der Waals surface area contributed by atoms with Gasteiger partial charge in [0.1, 0.15) is 0 Å². The fraction of sp³-hybridized carbons (Fsp3) is 0.318. The number of fused-ring (bicyclic) bond motifs is 1. The number of aromatic nitrogens is 1. The van der Waals surface area contributed by atoms with Crippen LogP contribution in [0.4, 0.5) is 0 Å². The van der Waals surface area contributed by atoms with Gasteiger partial charge in [0.2, 0.25) is 0 Å². The van der Waals surface area contributed by atoms with E-state index in [1.165, 1.54) is 65.4 Å². The van der Waals surface area contributed by atoms with Crippen LogP contribution in [0.15, 0.2) is 54.9 Å². The third-order valence-electron chi connectivity index (χ3n) is 5.23. The summed E-state index contributed by atoms with van der Waals surface area (Å²) in [4.78, 5) is 4.28. The van der Waals surface area contributed by atoms with Crippen LogP contribution in [0.3, 0.4) is 0 Å². The maximum Gasteiger partial charge on any atom is 0.0346 e. The number of hydrogen-bond acceptors (Lipinski definition) is 2. The second-order valence-electron chi connectivity index (χ2n) is 6.99. The van der Waals surface area contributed by atoms with Gasteiger partial charge < -0.3 is 5.32 Å². The third kappa shape index (κ3) is 3.20. The van der Waals surface area contributed by atoms with Crippen LogP contribution in [0.5, 0.6) is 0 Å². The second kappa shape index (κ2) is 6.74. The molecule has 0 radical (unpaired) electrons. The Morgan fingerprint density at radius 1 is 0.958 bits per heavy atom. The van der Waals surface area contributed by atoms with Gasteiger partial charge in [-0.1, -0.05) is 36.4 Å².